The number of nitrogens with one attached hydrogen (secondary N) is 2. The number of hydrogen-bond acceptors (Lipinski definition) is 5. The van der Waals surface area contributed by atoms with Gasteiger partial charge >= 0.3 is 6.18 Å². The number of phenolic OH excluding ortho intramolecular Hbond substituents is 1. The number of ether oxygens (including phenoxy) is 1. The fourth-order valence-corrected chi connectivity index (χ4v) is 2.88. The first-order valence-electron chi connectivity index (χ1n) is 7.65. The average molecular weight is 516 g/mol. The molecule has 0 aliphatic rings. The maximum absolute atomic E-state index is 12.5. The molecule has 27 heavy (non-hydrogen) atoms. The highest BCUT2D eigenvalue weighted by atomic mass is 127. The Hall–Kier alpha value is -1.76. The van der Waals surface area contributed by atoms with Crippen molar-refractivity contribution in [3.8, 4) is 11.5 Å². The number of halogens is 4. The Bertz CT molecular complexity index is 768. The molecule has 0 saturated heterocycles. The van der Waals surface area contributed by atoms with E-state index >= 15 is 0 Å². The monoisotopic (exact) mass is 516 g/mol. The molecule has 2 aromatic rings. The number of methoxy groups -OCH3 is 1. The molecule has 0 unspecified atom stereocenters. The summed E-state index contributed by atoms with van der Waals surface area (Å²) in [5, 5.41) is 17.3. The third kappa shape index (κ3) is 7.05. The van der Waals surface area contributed by atoms with Gasteiger partial charge in [0.1, 0.15) is 11.5 Å². The number of aromatic nitrogens is 1. The van der Waals surface area contributed by atoms with Crippen LogP contribution in [0.15, 0.2) is 28.6 Å². The summed E-state index contributed by atoms with van der Waals surface area (Å²) in [6, 6.07) is 4.88. The molecule has 0 bridgehead atoms. The van der Waals surface area contributed by atoms with E-state index in [9.17, 15) is 18.3 Å². The van der Waals surface area contributed by atoms with Gasteiger partial charge in [0.25, 0.3) is 0 Å². The van der Waals surface area contributed by atoms with E-state index < -0.39 is 11.9 Å². The summed E-state index contributed by atoms with van der Waals surface area (Å²) >= 11 is 0.974. The van der Waals surface area contributed by atoms with Crippen molar-refractivity contribution in [3.63, 3.8) is 0 Å². The highest BCUT2D eigenvalue weighted by molar-refractivity contribution is 14.0. The number of aromatic hydroxyl groups is 1. The summed E-state index contributed by atoms with van der Waals surface area (Å²) in [4.78, 5) is 7.61. The second-order valence-electron chi connectivity index (χ2n) is 5.22. The molecule has 3 N–H and O–H groups in total. The van der Waals surface area contributed by atoms with Gasteiger partial charge in [0.15, 0.2) is 11.7 Å². The Labute approximate surface area is 175 Å². The number of phenols is 1. The van der Waals surface area contributed by atoms with Crippen molar-refractivity contribution in [2.45, 2.75) is 19.1 Å². The molecule has 0 fully saturated rings. The van der Waals surface area contributed by atoms with Crippen LogP contribution in [-0.2, 0) is 19.1 Å². The van der Waals surface area contributed by atoms with Gasteiger partial charge in [0.05, 0.1) is 12.1 Å². The number of nitrogens with zero attached hydrogens (tertiary/aromatic N) is 2. The van der Waals surface area contributed by atoms with Crippen LogP contribution in [0.1, 0.15) is 16.3 Å². The van der Waals surface area contributed by atoms with E-state index in [0.29, 0.717) is 41.8 Å². The maximum atomic E-state index is 12.5. The minimum atomic E-state index is -4.42. The minimum Gasteiger partial charge on any atom is -0.508 e. The fraction of sp³-hybridized carbons (Fsp3) is 0.375. The molecule has 0 amide bonds. The van der Waals surface area contributed by atoms with E-state index in [1.54, 1.807) is 19.2 Å². The summed E-state index contributed by atoms with van der Waals surface area (Å²) in [6.45, 7) is 0.673. The number of alkyl halides is 3. The van der Waals surface area contributed by atoms with Crippen LogP contribution in [0.4, 0.5) is 13.2 Å². The molecular formula is C16H20F3IN4O2S. The lowest BCUT2D eigenvalue weighted by Gasteiger charge is -2.13. The molecule has 0 radical (unpaired) electrons. The van der Waals surface area contributed by atoms with Crippen LogP contribution in [0.5, 0.6) is 11.5 Å². The molecule has 2 rings (SSSR count). The number of hydrogen-bond donors (Lipinski definition) is 3. The topological polar surface area (TPSA) is 78.8 Å². The quantitative estimate of drug-likeness (QED) is 0.312. The zero-order valence-electron chi connectivity index (χ0n) is 14.6. The van der Waals surface area contributed by atoms with Crippen molar-refractivity contribution in [2.24, 2.45) is 4.99 Å². The lowest BCUT2D eigenvalue weighted by atomic mass is 10.2. The van der Waals surface area contributed by atoms with Crippen LogP contribution in [0.25, 0.3) is 0 Å². The predicted octanol–water partition coefficient (Wildman–Crippen LogP) is 3.40. The Morgan fingerprint density at radius 3 is 2.67 bits per heavy atom. The minimum absolute atomic E-state index is 0. The molecule has 0 aliphatic carbocycles. The predicted molar refractivity (Wildman–Crippen MR) is 109 cm³/mol. The van der Waals surface area contributed by atoms with E-state index in [4.69, 9.17) is 4.74 Å². The Kier molecular flexibility index (Phi) is 9.09. The van der Waals surface area contributed by atoms with Crippen molar-refractivity contribution in [1.82, 2.24) is 15.6 Å². The molecule has 0 atom stereocenters. The van der Waals surface area contributed by atoms with Crippen LogP contribution < -0.4 is 15.4 Å². The van der Waals surface area contributed by atoms with Crippen molar-refractivity contribution in [3.05, 3.63) is 39.8 Å². The van der Waals surface area contributed by atoms with Gasteiger partial charge in [-0.05, 0) is 18.2 Å². The Balaban J connectivity index is 0.00000364. The van der Waals surface area contributed by atoms with Crippen LogP contribution in [0, 0.1) is 0 Å². The van der Waals surface area contributed by atoms with Crippen LogP contribution in [0.2, 0.25) is 0 Å². The largest absolute Gasteiger partial charge is 0.508 e. The molecule has 1 heterocycles. The van der Waals surface area contributed by atoms with Gasteiger partial charge in [-0.1, -0.05) is 0 Å². The second kappa shape index (κ2) is 10.5. The van der Waals surface area contributed by atoms with Crippen molar-refractivity contribution < 1.29 is 23.0 Å². The second-order valence-corrected chi connectivity index (χ2v) is 6.16. The zero-order chi connectivity index (χ0) is 19.2. The van der Waals surface area contributed by atoms with E-state index in [2.05, 4.69) is 20.6 Å². The summed E-state index contributed by atoms with van der Waals surface area (Å²) in [5.74, 6) is 1.20. The molecule has 0 saturated carbocycles. The fourth-order valence-electron chi connectivity index (χ4n) is 2.07. The van der Waals surface area contributed by atoms with Gasteiger partial charge in [-0.15, -0.1) is 35.3 Å². The van der Waals surface area contributed by atoms with Crippen molar-refractivity contribution in [2.75, 3.05) is 20.7 Å². The summed E-state index contributed by atoms with van der Waals surface area (Å²) in [5.41, 5.74) is -0.240. The molecule has 6 nitrogen and oxygen atoms in total. The molecule has 0 aliphatic heterocycles. The number of guanidine groups is 1. The van der Waals surface area contributed by atoms with Gasteiger partial charge in [-0.3, -0.25) is 4.99 Å². The van der Waals surface area contributed by atoms with E-state index in [1.165, 1.54) is 13.2 Å². The summed E-state index contributed by atoms with van der Waals surface area (Å²) in [6.07, 6.45) is -4.08. The number of rotatable bonds is 6. The van der Waals surface area contributed by atoms with Crippen molar-refractivity contribution >= 4 is 41.3 Å². The molecule has 0 spiro atoms. The first-order chi connectivity index (χ1) is 12.3. The maximum Gasteiger partial charge on any atom is 0.434 e. The van der Waals surface area contributed by atoms with Crippen LogP contribution in [-0.4, -0.2) is 36.8 Å². The van der Waals surface area contributed by atoms with Gasteiger partial charge in [0.2, 0.25) is 0 Å². The third-order valence-electron chi connectivity index (χ3n) is 3.43. The summed E-state index contributed by atoms with van der Waals surface area (Å²) < 4.78 is 42.7. The lowest BCUT2D eigenvalue weighted by molar-refractivity contribution is -0.140. The highest BCUT2D eigenvalue weighted by Crippen LogP contribution is 2.30. The van der Waals surface area contributed by atoms with E-state index in [1.807, 2.05) is 0 Å². The number of thiazole rings is 1. The summed E-state index contributed by atoms with van der Waals surface area (Å²) in [7, 11) is 3.11. The van der Waals surface area contributed by atoms with Crippen LogP contribution >= 0.6 is 35.3 Å². The standard InChI is InChI=1S/C16H19F3N4O2S.HI/c1-20-15(22-8-10-7-11(25-2)3-4-12(10)24)21-6-5-14-23-13(9-26-14)16(17,18)19;/h3-4,7,9,24H,5-6,8H2,1-2H3,(H2,20,21,22);1H. The molecule has 1 aromatic heterocycles. The van der Waals surface area contributed by atoms with Crippen LogP contribution in [0.3, 0.4) is 0 Å². The highest BCUT2D eigenvalue weighted by Gasteiger charge is 2.33. The van der Waals surface area contributed by atoms with Gasteiger partial charge in [-0.25, -0.2) is 4.98 Å². The third-order valence-corrected chi connectivity index (χ3v) is 4.34. The van der Waals surface area contributed by atoms with Gasteiger partial charge in [0, 0.05) is 37.5 Å². The molecule has 150 valence electrons. The number of benzene rings is 1. The van der Waals surface area contributed by atoms with Crippen molar-refractivity contribution in [1.29, 1.82) is 0 Å². The molecular weight excluding hydrogens is 496 g/mol. The van der Waals surface area contributed by atoms with E-state index in [-0.39, 0.29) is 29.7 Å². The molecule has 11 heteroatoms. The average Bonchev–Trinajstić information content (AvgIpc) is 3.08. The zero-order valence-corrected chi connectivity index (χ0v) is 17.8. The smallest absolute Gasteiger partial charge is 0.434 e. The Morgan fingerprint density at radius 2 is 2.07 bits per heavy atom. The molecule has 1 aromatic carbocycles. The van der Waals surface area contributed by atoms with Gasteiger partial charge in [-0.2, -0.15) is 13.2 Å². The normalized spacial score (nSPS) is 11.7. The first-order valence-corrected chi connectivity index (χ1v) is 8.53. The lowest BCUT2D eigenvalue weighted by Crippen LogP contribution is -2.37. The first kappa shape index (κ1) is 23.3. The van der Waals surface area contributed by atoms with Gasteiger partial charge < -0.3 is 20.5 Å². The Morgan fingerprint density at radius 1 is 1.33 bits per heavy atom. The number of aliphatic imine (C=N–C) groups is 1. The van der Waals surface area contributed by atoms with E-state index in [0.717, 1.165) is 16.7 Å². The SMILES string of the molecule is CN=C(NCCc1nc(C(F)(F)F)cs1)NCc1cc(OC)ccc1O.I.